The number of benzene rings is 2. The number of carbonyl (C=O) groups is 1. The Hall–Kier alpha value is -2.77. The third-order valence-electron chi connectivity index (χ3n) is 4.99. The van der Waals surface area contributed by atoms with Gasteiger partial charge in [0.15, 0.2) is 0 Å². The fraction of sp³-hybridized carbons (Fsp3) is 0.381. The van der Waals surface area contributed by atoms with Crippen LogP contribution in [0.5, 0.6) is 0 Å². The molecule has 0 radical (unpaired) electrons. The van der Waals surface area contributed by atoms with Crippen LogP contribution in [0.15, 0.2) is 48.5 Å². The number of carbonyl (C=O) groups excluding carboxylic acids is 1. The first kappa shape index (κ1) is 20.0. The molecule has 1 aliphatic rings. The lowest BCUT2D eigenvalue weighted by atomic mass is 10.2. The van der Waals surface area contributed by atoms with E-state index in [0.717, 1.165) is 39.1 Å². The highest BCUT2D eigenvalue weighted by Crippen LogP contribution is 2.22. The molecule has 2 aromatic carbocycles. The predicted molar refractivity (Wildman–Crippen MR) is 109 cm³/mol. The normalized spacial score (nSPS) is 15.8. The molecule has 3 rings (SSSR count). The smallest absolute Gasteiger partial charge is 0.274 e. The quantitative estimate of drug-likeness (QED) is 0.614. The predicted octanol–water partition coefficient (Wildman–Crippen LogP) is 3.05. The maximum Gasteiger partial charge on any atom is 0.274 e. The molecule has 1 heterocycles. The fourth-order valence-electron chi connectivity index (χ4n) is 3.47. The number of amides is 1. The highest BCUT2D eigenvalue weighted by Gasteiger charge is 2.18. The largest absolute Gasteiger partial charge is 0.325 e. The van der Waals surface area contributed by atoms with Gasteiger partial charge in [-0.2, -0.15) is 0 Å². The van der Waals surface area contributed by atoms with Gasteiger partial charge in [-0.3, -0.25) is 24.7 Å². The van der Waals surface area contributed by atoms with Crippen LogP contribution in [-0.2, 0) is 11.3 Å². The Balaban J connectivity index is 1.51. The van der Waals surface area contributed by atoms with E-state index in [1.807, 2.05) is 6.07 Å². The van der Waals surface area contributed by atoms with Crippen molar-refractivity contribution >= 4 is 17.3 Å². The summed E-state index contributed by atoms with van der Waals surface area (Å²) in [6.07, 6.45) is 1.01. The Labute approximate surface area is 165 Å². The average molecular weight is 382 g/mol. The number of anilines is 1. The molecule has 1 N–H and O–H groups in total. The zero-order valence-corrected chi connectivity index (χ0v) is 16.1. The van der Waals surface area contributed by atoms with E-state index in [0.29, 0.717) is 17.8 Å². The minimum Gasteiger partial charge on any atom is -0.325 e. The van der Waals surface area contributed by atoms with Crippen LogP contribution in [0.4, 0.5) is 11.4 Å². The number of nitrogens with one attached hydrogen (secondary N) is 1. The monoisotopic (exact) mass is 382 g/mol. The zero-order chi connectivity index (χ0) is 19.9. The maximum atomic E-state index is 12.4. The van der Waals surface area contributed by atoms with Crippen molar-refractivity contribution in [2.75, 3.05) is 38.0 Å². The third-order valence-corrected chi connectivity index (χ3v) is 4.99. The number of aryl methyl sites for hydroxylation is 1. The van der Waals surface area contributed by atoms with Crippen LogP contribution in [0.2, 0.25) is 0 Å². The van der Waals surface area contributed by atoms with Crippen LogP contribution >= 0.6 is 0 Å². The van der Waals surface area contributed by atoms with E-state index in [1.165, 1.54) is 11.6 Å². The van der Waals surface area contributed by atoms with E-state index in [1.54, 1.807) is 19.1 Å². The number of nitrogens with zero attached hydrogens (tertiary/aromatic N) is 3. The van der Waals surface area contributed by atoms with E-state index < -0.39 is 4.92 Å². The van der Waals surface area contributed by atoms with Crippen LogP contribution in [0, 0.1) is 17.0 Å². The molecule has 0 saturated carbocycles. The minimum absolute atomic E-state index is 0.0177. The van der Waals surface area contributed by atoms with E-state index in [-0.39, 0.29) is 11.6 Å². The number of hydrogen-bond donors (Lipinski definition) is 1. The molecule has 0 aliphatic carbocycles. The molecule has 0 aromatic heterocycles. The van der Waals surface area contributed by atoms with Crippen LogP contribution in [0.1, 0.15) is 17.5 Å². The molecular formula is C21H26N4O3. The van der Waals surface area contributed by atoms with Gasteiger partial charge in [0, 0.05) is 37.0 Å². The SMILES string of the molecule is Cc1ccc(NC(=O)CN2CCCN(Cc3ccccc3)CC2)cc1[N+](=O)[O-]. The highest BCUT2D eigenvalue weighted by atomic mass is 16.6. The van der Waals surface area contributed by atoms with Gasteiger partial charge in [0.1, 0.15) is 0 Å². The van der Waals surface area contributed by atoms with Gasteiger partial charge < -0.3 is 5.32 Å². The molecule has 1 amide bonds. The molecule has 0 spiro atoms. The van der Waals surface area contributed by atoms with E-state index in [4.69, 9.17) is 0 Å². The summed E-state index contributed by atoms with van der Waals surface area (Å²) < 4.78 is 0. The maximum absolute atomic E-state index is 12.4. The summed E-state index contributed by atoms with van der Waals surface area (Å²) in [6.45, 7) is 6.52. The summed E-state index contributed by atoms with van der Waals surface area (Å²) >= 11 is 0. The molecule has 2 aromatic rings. The summed E-state index contributed by atoms with van der Waals surface area (Å²) in [4.78, 5) is 27.6. The Kier molecular flexibility index (Phi) is 6.73. The van der Waals surface area contributed by atoms with Crippen molar-refractivity contribution in [2.24, 2.45) is 0 Å². The van der Waals surface area contributed by atoms with Crippen molar-refractivity contribution in [3.05, 3.63) is 69.8 Å². The third kappa shape index (κ3) is 5.61. The van der Waals surface area contributed by atoms with E-state index >= 15 is 0 Å². The van der Waals surface area contributed by atoms with Crippen molar-refractivity contribution in [3.8, 4) is 0 Å². The molecule has 1 fully saturated rings. The molecule has 28 heavy (non-hydrogen) atoms. The standard InChI is InChI=1S/C21H26N4O3/c1-17-8-9-19(14-20(17)25(27)28)22-21(26)16-24-11-5-10-23(12-13-24)15-18-6-3-2-4-7-18/h2-4,6-9,14H,5,10-13,15-16H2,1H3,(H,22,26). The second kappa shape index (κ2) is 9.43. The molecule has 7 heteroatoms. The number of nitro groups is 1. The molecule has 7 nitrogen and oxygen atoms in total. The molecular weight excluding hydrogens is 356 g/mol. The van der Waals surface area contributed by atoms with Crippen LogP contribution < -0.4 is 5.32 Å². The molecule has 0 bridgehead atoms. The minimum atomic E-state index is -0.429. The molecule has 1 aliphatic heterocycles. The average Bonchev–Trinajstić information content (AvgIpc) is 2.89. The van der Waals surface area contributed by atoms with Gasteiger partial charge >= 0.3 is 0 Å². The van der Waals surface area contributed by atoms with Crippen molar-refractivity contribution in [1.29, 1.82) is 0 Å². The first-order chi connectivity index (χ1) is 13.5. The van der Waals surface area contributed by atoms with Crippen LogP contribution in [0.25, 0.3) is 0 Å². The van der Waals surface area contributed by atoms with Crippen molar-refractivity contribution in [2.45, 2.75) is 19.9 Å². The van der Waals surface area contributed by atoms with E-state index in [2.05, 4.69) is 39.4 Å². The highest BCUT2D eigenvalue weighted by molar-refractivity contribution is 5.92. The fourth-order valence-corrected chi connectivity index (χ4v) is 3.47. The second-order valence-electron chi connectivity index (χ2n) is 7.20. The number of nitro benzene ring substituents is 1. The van der Waals surface area contributed by atoms with Crippen molar-refractivity contribution in [1.82, 2.24) is 9.80 Å². The first-order valence-electron chi connectivity index (χ1n) is 9.55. The summed E-state index contributed by atoms with van der Waals surface area (Å²) in [6, 6.07) is 15.2. The lowest BCUT2D eigenvalue weighted by Gasteiger charge is -2.21. The van der Waals surface area contributed by atoms with Gasteiger partial charge in [-0.05, 0) is 38.1 Å². The second-order valence-corrected chi connectivity index (χ2v) is 7.20. The van der Waals surface area contributed by atoms with Gasteiger partial charge in [0.25, 0.3) is 5.69 Å². The lowest BCUT2D eigenvalue weighted by Crippen LogP contribution is -2.36. The Morgan fingerprint density at radius 3 is 2.54 bits per heavy atom. The van der Waals surface area contributed by atoms with Crippen molar-refractivity contribution < 1.29 is 9.72 Å². The molecule has 0 unspecified atom stereocenters. The summed E-state index contributed by atoms with van der Waals surface area (Å²) in [5.74, 6) is -0.144. The van der Waals surface area contributed by atoms with E-state index in [9.17, 15) is 14.9 Å². The topological polar surface area (TPSA) is 78.7 Å². The number of rotatable bonds is 6. The zero-order valence-electron chi connectivity index (χ0n) is 16.1. The van der Waals surface area contributed by atoms with Crippen LogP contribution in [0.3, 0.4) is 0 Å². The summed E-state index contributed by atoms with van der Waals surface area (Å²) in [7, 11) is 0. The van der Waals surface area contributed by atoms with Gasteiger partial charge in [0.05, 0.1) is 11.5 Å². The Bertz CT molecular complexity index is 826. The van der Waals surface area contributed by atoms with Gasteiger partial charge in [-0.25, -0.2) is 0 Å². The number of hydrogen-bond acceptors (Lipinski definition) is 5. The van der Waals surface area contributed by atoms with Crippen molar-refractivity contribution in [3.63, 3.8) is 0 Å². The Morgan fingerprint density at radius 2 is 1.79 bits per heavy atom. The Morgan fingerprint density at radius 1 is 1.07 bits per heavy atom. The summed E-state index contributed by atoms with van der Waals surface area (Å²) in [5, 5.41) is 13.8. The lowest BCUT2D eigenvalue weighted by molar-refractivity contribution is -0.385. The molecule has 1 saturated heterocycles. The van der Waals surface area contributed by atoms with Crippen LogP contribution in [-0.4, -0.2) is 53.4 Å². The van der Waals surface area contributed by atoms with Gasteiger partial charge in [-0.15, -0.1) is 0 Å². The molecule has 148 valence electrons. The first-order valence-corrected chi connectivity index (χ1v) is 9.55. The summed E-state index contributed by atoms with van der Waals surface area (Å²) in [5.41, 5.74) is 2.36. The van der Waals surface area contributed by atoms with Gasteiger partial charge in [0.2, 0.25) is 5.91 Å². The van der Waals surface area contributed by atoms with Gasteiger partial charge in [-0.1, -0.05) is 36.4 Å². The molecule has 0 atom stereocenters.